The van der Waals surface area contributed by atoms with Crippen LogP contribution in [0.2, 0.25) is 0 Å². The van der Waals surface area contributed by atoms with Crippen molar-refractivity contribution in [3.63, 3.8) is 0 Å². The van der Waals surface area contributed by atoms with Gasteiger partial charge in [-0.2, -0.15) is 0 Å². The molecule has 114 valence electrons. The van der Waals surface area contributed by atoms with E-state index in [1.165, 1.54) is 24.1 Å². The van der Waals surface area contributed by atoms with Crippen LogP contribution in [0.25, 0.3) is 33.4 Å². The smallest absolute Gasteiger partial charge is 0.165 e. The fourth-order valence-electron chi connectivity index (χ4n) is 3.83. The Morgan fingerprint density at radius 3 is 2.91 bits per heavy atom. The highest BCUT2D eigenvalue weighted by Crippen LogP contribution is 2.43. The molecule has 0 saturated heterocycles. The Morgan fingerprint density at radius 1 is 1.13 bits per heavy atom. The average molecular weight is 303 g/mol. The number of aromatic nitrogens is 1. The van der Waals surface area contributed by atoms with Gasteiger partial charge in [-0.15, -0.1) is 0 Å². The van der Waals surface area contributed by atoms with Gasteiger partial charge in [0.15, 0.2) is 5.58 Å². The average Bonchev–Trinajstić information content (AvgIpc) is 3.21. The molecular weight excluding hydrogens is 286 g/mol. The maximum Gasteiger partial charge on any atom is 0.165 e. The van der Waals surface area contributed by atoms with Gasteiger partial charge in [0.05, 0.1) is 11.8 Å². The molecule has 3 heterocycles. The zero-order valence-corrected chi connectivity index (χ0v) is 13.0. The lowest BCUT2D eigenvalue weighted by Crippen LogP contribution is -2.11. The van der Waals surface area contributed by atoms with Gasteiger partial charge in [-0.3, -0.25) is 0 Å². The van der Waals surface area contributed by atoms with Gasteiger partial charge in [-0.25, -0.2) is 4.98 Å². The molecule has 1 aliphatic rings. The third-order valence-electron chi connectivity index (χ3n) is 4.94. The highest BCUT2D eigenvalue weighted by Gasteiger charge is 2.27. The Bertz CT molecular complexity index is 1010. The number of para-hydroxylation sites is 1. The summed E-state index contributed by atoms with van der Waals surface area (Å²) >= 11 is 0. The maximum absolute atomic E-state index is 6.19. The van der Waals surface area contributed by atoms with Gasteiger partial charge in [0.25, 0.3) is 0 Å². The normalized spacial score (nSPS) is 17.7. The molecule has 0 aliphatic heterocycles. The molecule has 3 nitrogen and oxygen atoms in total. The second kappa shape index (κ2) is 4.72. The lowest BCUT2D eigenvalue weighted by molar-refractivity contribution is 0.561. The van der Waals surface area contributed by atoms with Crippen molar-refractivity contribution in [2.24, 2.45) is 0 Å². The van der Waals surface area contributed by atoms with Gasteiger partial charge in [-0.1, -0.05) is 19.1 Å². The van der Waals surface area contributed by atoms with Gasteiger partial charge >= 0.3 is 0 Å². The van der Waals surface area contributed by atoms with Crippen molar-refractivity contribution in [1.29, 1.82) is 0 Å². The Morgan fingerprint density at radius 2 is 2.04 bits per heavy atom. The second-order valence-electron chi connectivity index (χ2n) is 6.40. The van der Waals surface area contributed by atoms with Crippen LogP contribution in [-0.4, -0.2) is 4.98 Å². The summed E-state index contributed by atoms with van der Waals surface area (Å²) in [6, 6.07) is 12.1. The summed E-state index contributed by atoms with van der Waals surface area (Å²) in [5, 5.41) is 1.08. The minimum absolute atomic E-state index is 0.477. The molecule has 1 atom stereocenters. The summed E-state index contributed by atoms with van der Waals surface area (Å²) in [7, 11) is 0. The first kappa shape index (κ1) is 12.9. The molecule has 1 aromatic carbocycles. The van der Waals surface area contributed by atoms with E-state index in [2.05, 4.69) is 13.0 Å². The van der Waals surface area contributed by atoms with Gasteiger partial charge in [0.1, 0.15) is 16.9 Å². The Labute approximate surface area is 133 Å². The van der Waals surface area contributed by atoms with Crippen molar-refractivity contribution in [3.8, 4) is 11.3 Å². The van der Waals surface area contributed by atoms with E-state index in [9.17, 15) is 0 Å². The van der Waals surface area contributed by atoms with Gasteiger partial charge < -0.3 is 8.83 Å². The zero-order chi connectivity index (χ0) is 15.4. The Hall–Kier alpha value is -2.55. The molecule has 4 aromatic rings. The molecule has 0 amide bonds. The number of nitrogens with zero attached hydrogens (tertiary/aromatic N) is 1. The van der Waals surface area contributed by atoms with E-state index < -0.39 is 0 Å². The van der Waals surface area contributed by atoms with Crippen LogP contribution >= 0.6 is 0 Å². The molecule has 0 spiro atoms. The monoisotopic (exact) mass is 303 g/mol. The number of fused-ring (bicyclic) bond motifs is 4. The first-order valence-corrected chi connectivity index (χ1v) is 8.21. The molecular formula is C20H17NO2. The lowest BCUT2D eigenvalue weighted by Gasteiger charge is -2.23. The van der Waals surface area contributed by atoms with Crippen molar-refractivity contribution < 1.29 is 8.83 Å². The predicted octanol–water partition coefficient (Wildman–Crippen LogP) is 5.68. The molecule has 3 heteroatoms. The van der Waals surface area contributed by atoms with Crippen molar-refractivity contribution in [1.82, 2.24) is 4.98 Å². The molecule has 0 bridgehead atoms. The van der Waals surface area contributed by atoms with Crippen LogP contribution in [0.5, 0.6) is 0 Å². The summed E-state index contributed by atoms with van der Waals surface area (Å²) in [6.07, 6.45) is 5.15. The largest absolute Gasteiger partial charge is 0.464 e. The highest BCUT2D eigenvalue weighted by atomic mass is 16.3. The molecule has 1 aliphatic carbocycles. The number of hydrogen-bond acceptors (Lipinski definition) is 3. The van der Waals surface area contributed by atoms with Crippen LogP contribution in [-0.2, 0) is 6.42 Å². The SMILES string of the molecule is C[C@H]1CCCc2c1nc1c(oc3ccccc31)c2-c1ccco1. The highest BCUT2D eigenvalue weighted by molar-refractivity contribution is 6.07. The van der Waals surface area contributed by atoms with E-state index in [4.69, 9.17) is 13.8 Å². The Balaban J connectivity index is 1.98. The predicted molar refractivity (Wildman–Crippen MR) is 90.6 cm³/mol. The third kappa shape index (κ3) is 1.79. The fraction of sp³-hybridized carbons (Fsp3) is 0.250. The van der Waals surface area contributed by atoms with E-state index in [1.807, 2.05) is 30.3 Å². The van der Waals surface area contributed by atoms with Crippen LogP contribution in [0.4, 0.5) is 0 Å². The number of rotatable bonds is 1. The minimum Gasteiger partial charge on any atom is -0.464 e. The molecule has 0 fully saturated rings. The molecule has 0 radical (unpaired) electrons. The molecule has 5 rings (SSSR count). The van der Waals surface area contributed by atoms with Crippen LogP contribution < -0.4 is 0 Å². The Kier molecular flexibility index (Phi) is 2.66. The van der Waals surface area contributed by atoms with E-state index >= 15 is 0 Å². The van der Waals surface area contributed by atoms with Gasteiger partial charge in [-0.05, 0) is 55.0 Å². The lowest BCUT2D eigenvalue weighted by atomic mass is 9.84. The van der Waals surface area contributed by atoms with E-state index in [1.54, 1.807) is 6.26 Å². The standard InChI is InChI=1S/C20H17NO2/c1-12-6-4-8-14-17(16-10-5-11-22-16)20-19(21-18(12)14)13-7-2-3-9-15(13)23-20/h2-3,5,7,9-12H,4,6,8H2,1H3/t12-/m0/s1. The van der Waals surface area contributed by atoms with E-state index in [0.29, 0.717) is 5.92 Å². The minimum atomic E-state index is 0.477. The zero-order valence-electron chi connectivity index (χ0n) is 13.0. The summed E-state index contributed by atoms with van der Waals surface area (Å²) in [4.78, 5) is 5.02. The molecule has 23 heavy (non-hydrogen) atoms. The molecule has 3 aromatic heterocycles. The van der Waals surface area contributed by atoms with Crippen LogP contribution in [0.3, 0.4) is 0 Å². The van der Waals surface area contributed by atoms with E-state index in [-0.39, 0.29) is 0 Å². The second-order valence-corrected chi connectivity index (χ2v) is 6.40. The third-order valence-corrected chi connectivity index (χ3v) is 4.94. The molecule has 0 N–H and O–H groups in total. The first-order valence-electron chi connectivity index (χ1n) is 8.21. The summed E-state index contributed by atoms with van der Waals surface area (Å²) in [5.74, 6) is 1.35. The molecule has 0 saturated carbocycles. The molecule has 0 unspecified atom stereocenters. The van der Waals surface area contributed by atoms with Crippen LogP contribution in [0.1, 0.15) is 36.9 Å². The fourth-order valence-corrected chi connectivity index (χ4v) is 3.83. The quantitative estimate of drug-likeness (QED) is 0.454. The summed E-state index contributed by atoms with van der Waals surface area (Å²) in [5.41, 5.74) is 6.30. The number of pyridine rings is 1. The number of furan rings is 2. The summed E-state index contributed by atoms with van der Waals surface area (Å²) in [6.45, 7) is 2.27. The van der Waals surface area contributed by atoms with Gasteiger partial charge in [0.2, 0.25) is 0 Å². The van der Waals surface area contributed by atoms with Crippen molar-refractivity contribution in [2.45, 2.75) is 32.1 Å². The van der Waals surface area contributed by atoms with Crippen LogP contribution in [0, 0.1) is 0 Å². The first-order chi connectivity index (χ1) is 11.3. The van der Waals surface area contributed by atoms with Gasteiger partial charge in [0, 0.05) is 11.1 Å². The summed E-state index contributed by atoms with van der Waals surface area (Å²) < 4.78 is 11.9. The van der Waals surface area contributed by atoms with Crippen molar-refractivity contribution in [2.75, 3.05) is 0 Å². The van der Waals surface area contributed by atoms with Crippen LogP contribution in [0.15, 0.2) is 51.5 Å². The topological polar surface area (TPSA) is 39.2 Å². The maximum atomic E-state index is 6.19. The number of benzene rings is 1. The van der Waals surface area contributed by atoms with Crippen molar-refractivity contribution in [3.05, 3.63) is 53.9 Å². The van der Waals surface area contributed by atoms with E-state index in [0.717, 1.165) is 39.8 Å². The van der Waals surface area contributed by atoms with Crippen molar-refractivity contribution >= 4 is 22.1 Å². The number of hydrogen-bond donors (Lipinski definition) is 0.